The van der Waals surface area contributed by atoms with Gasteiger partial charge in [0, 0.05) is 36.0 Å². The van der Waals surface area contributed by atoms with Crippen LogP contribution in [0.3, 0.4) is 0 Å². The summed E-state index contributed by atoms with van der Waals surface area (Å²) in [6.45, 7) is 6.22. The van der Waals surface area contributed by atoms with E-state index in [1.54, 1.807) is 19.3 Å². The molecule has 3 rings (SSSR count). The van der Waals surface area contributed by atoms with Crippen LogP contribution in [0.1, 0.15) is 55.8 Å². The fourth-order valence-electron chi connectivity index (χ4n) is 2.98. The summed E-state index contributed by atoms with van der Waals surface area (Å²) in [6, 6.07) is 0. The number of carbonyl (C=O) groups is 2. The van der Waals surface area contributed by atoms with Crippen LogP contribution in [0.15, 0.2) is 12.4 Å². The number of nitrogens with zero attached hydrogens (tertiary/aromatic N) is 3. The molecule has 0 fully saturated rings. The molecule has 1 amide bonds. The maximum absolute atomic E-state index is 12.0. The minimum Gasteiger partial charge on any atom is -0.465 e. The second-order valence-electron chi connectivity index (χ2n) is 6.36. The quantitative estimate of drug-likeness (QED) is 0.673. The first kappa shape index (κ1) is 17.8. The molecule has 0 bridgehead atoms. The first-order valence-corrected chi connectivity index (χ1v) is 8.59. The molecule has 9 nitrogen and oxygen atoms in total. The number of amides is 1. The van der Waals surface area contributed by atoms with E-state index in [2.05, 4.69) is 44.6 Å². The summed E-state index contributed by atoms with van der Waals surface area (Å²) in [5.74, 6) is 0.532. The lowest BCUT2D eigenvalue weighted by atomic mass is 9.85. The minimum atomic E-state index is -0.367. The molecule has 3 heterocycles. The molecule has 26 heavy (non-hydrogen) atoms. The molecule has 3 N–H and O–H groups in total. The number of aromatic nitrogens is 4. The van der Waals surface area contributed by atoms with Crippen molar-refractivity contribution in [1.29, 1.82) is 0 Å². The highest BCUT2D eigenvalue weighted by atomic mass is 16.5. The Morgan fingerprint density at radius 1 is 1.38 bits per heavy atom. The lowest BCUT2D eigenvalue weighted by Crippen LogP contribution is -2.24. The normalized spacial score (nSPS) is 16.2. The van der Waals surface area contributed by atoms with Crippen molar-refractivity contribution in [3.05, 3.63) is 29.2 Å². The number of rotatable bonds is 6. The second-order valence-corrected chi connectivity index (χ2v) is 6.36. The number of fused-ring (bicyclic) bond motifs is 1. The van der Waals surface area contributed by atoms with Crippen LogP contribution in [0.2, 0.25) is 0 Å². The molecule has 0 aliphatic carbocycles. The van der Waals surface area contributed by atoms with Crippen molar-refractivity contribution >= 4 is 23.6 Å². The van der Waals surface area contributed by atoms with E-state index in [-0.39, 0.29) is 30.3 Å². The average molecular weight is 358 g/mol. The molecular weight excluding hydrogens is 336 g/mol. The standard InChI is InChI=1S/C17H22N6O3/c1-4-26-13(25)8-20-17-18-6-10(7-19-17)11-5-12(24)21-16-14(11)15(9(2)3)22-23-16/h6-7,9,11H,4-5,8H2,1-3H3,(H,18,19,20)(H2,21,22,23,24). The Morgan fingerprint density at radius 3 is 2.77 bits per heavy atom. The molecule has 9 heteroatoms. The zero-order valence-corrected chi connectivity index (χ0v) is 15.0. The van der Waals surface area contributed by atoms with Gasteiger partial charge < -0.3 is 15.4 Å². The van der Waals surface area contributed by atoms with Crippen LogP contribution in [0.5, 0.6) is 0 Å². The van der Waals surface area contributed by atoms with E-state index < -0.39 is 0 Å². The summed E-state index contributed by atoms with van der Waals surface area (Å²) in [4.78, 5) is 31.9. The molecule has 1 aliphatic rings. The molecule has 0 saturated carbocycles. The number of carbonyl (C=O) groups excluding carboxylic acids is 2. The summed E-state index contributed by atoms with van der Waals surface area (Å²) in [6.07, 6.45) is 3.65. The third kappa shape index (κ3) is 3.66. The Balaban J connectivity index is 1.80. The molecule has 1 unspecified atom stereocenters. The highest BCUT2D eigenvalue weighted by Crippen LogP contribution is 2.39. The molecule has 2 aromatic heterocycles. The fraction of sp³-hybridized carbons (Fsp3) is 0.471. The second kappa shape index (κ2) is 7.51. The van der Waals surface area contributed by atoms with Crippen molar-refractivity contribution in [3.63, 3.8) is 0 Å². The minimum absolute atomic E-state index is 0.00238. The number of ether oxygens (including phenoxy) is 1. The topological polar surface area (TPSA) is 122 Å². The largest absolute Gasteiger partial charge is 0.465 e. The summed E-state index contributed by atoms with van der Waals surface area (Å²) in [5, 5.41) is 12.9. The third-order valence-electron chi connectivity index (χ3n) is 4.18. The Hall–Kier alpha value is -2.97. The van der Waals surface area contributed by atoms with E-state index in [1.807, 2.05) is 0 Å². The molecule has 1 aliphatic heterocycles. The third-order valence-corrected chi connectivity index (χ3v) is 4.18. The molecule has 0 radical (unpaired) electrons. The summed E-state index contributed by atoms with van der Waals surface area (Å²) in [5.41, 5.74) is 2.80. The van der Waals surface area contributed by atoms with Gasteiger partial charge in [-0.15, -0.1) is 0 Å². The molecule has 1 atom stereocenters. The van der Waals surface area contributed by atoms with Gasteiger partial charge in [0.1, 0.15) is 6.54 Å². The van der Waals surface area contributed by atoms with Crippen molar-refractivity contribution < 1.29 is 14.3 Å². The average Bonchev–Trinajstić information content (AvgIpc) is 3.04. The zero-order valence-electron chi connectivity index (χ0n) is 15.0. The molecule has 2 aromatic rings. The predicted octanol–water partition coefficient (Wildman–Crippen LogP) is 1.77. The van der Waals surface area contributed by atoms with Crippen LogP contribution in [0, 0.1) is 0 Å². The number of aromatic amines is 1. The number of hydrogen-bond acceptors (Lipinski definition) is 7. The smallest absolute Gasteiger partial charge is 0.325 e. The van der Waals surface area contributed by atoms with Crippen LogP contribution in [-0.4, -0.2) is 45.2 Å². The predicted molar refractivity (Wildman–Crippen MR) is 94.9 cm³/mol. The Morgan fingerprint density at radius 2 is 2.12 bits per heavy atom. The van der Waals surface area contributed by atoms with Gasteiger partial charge in [0.05, 0.1) is 6.61 Å². The van der Waals surface area contributed by atoms with E-state index in [4.69, 9.17) is 4.74 Å². The van der Waals surface area contributed by atoms with Gasteiger partial charge in [-0.1, -0.05) is 13.8 Å². The number of H-pyrrole nitrogens is 1. The van der Waals surface area contributed by atoms with Gasteiger partial charge >= 0.3 is 5.97 Å². The van der Waals surface area contributed by atoms with Crippen molar-refractivity contribution in [3.8, 4) is 0 Å². The Labute approximate surface area is 151 Å². The van der Waals surface area contributed by atoms with Gasteiger partial charge in [0.15, 0.2) is 5.82 Å². The van der Waals surface area contributed by atoms with Crippen LogP contribution in [-0.2, 0) is 14.3 Å². The van der Waals surface area contributed by atoms with E-state index in [1.165, 1.54) is 0 Å². The van der Waals surface area contributed by atoms with Crippen molar-refractivity contribution in [2.45, 2.75) is 39.0 Å². The Bertz CT molecular complexity index is 799. The van der Waals surface area contributed by atoms with Crippen molar-refractivity contribution in [2.24, 2.45) is 0 Å². The molecule has 0 spiro atoms. The highest BCUT2D eigenvalue weighted by Gasteiger charge is 2.32. The van der Waals surface area contributed by atoms with Crippen molar-refractivity contribution in [1.82, 2.24) is 20.2 Å². The first-order valence-electron chi connectivity index (χ1n) is 8.59. The van der Waals surface area contributed by atoms with Crippen molar-refractivity contribution in [2.75, 3.05) is 23.8 Å². The van der Waals surface area contributed by atoms with E-state index in [0.717, 1.165) is 16.8 Å². The van der Waals surface area contributed by atoms with Gasteiger partial charge in [0.25, 0.3) is 0 Å². The summed E-state index contributed by atoms with van der Waals surface area (Å²) in [7, 11) is 0. The summed E-state index contributed by atoms with van der Waals surface area (Å²) >= 11 is 0. The van der Waals surface area contributed by atoms with Gasteiger partial charge in [-0.2, -0.15) is 5.10 Å². The van der Waals surface area contributed by atoms with E-state index >= 15 is 0 Å². The lowest BCUT2D eigenvalue weighted by molar-refractivity contribution is -0.140. The van der Waals surface area contributed by atoms with Crippen LogP contribution in [0.4, 0.5) is 11.8 Å². The number of hydrogen-bond donors (Lipinski definition) is 3. The van der Waals surface area contributed by atoms with Crippen LogP contribution in [0.25, 0.3) is 0 Å². The molecule has 0 saturated heterocycles. The lowest BCUT2D eigenvalue weighted by Gasteiger charge is -2.23. The van der Waals surface area contributed by atoms with Gasteiger partial charge in [0.2, 0.25) is 11.9 Å². The van der Waals surface area contributed by atoms with Crippen LogP contribution < -0.4 is 10.6 Å². The van der Waals surface area contributed by atoms with Gasteiger partial charge in [-0.05, 0) is 18.4 Å². The molecular formula is C17H22N6O3. The Kier molecular flexibility index (Phi) is 5.15. The highest BCUT2D eigenvalue weighted by molar-refractivity contribution is 5.94. The summed E-state index contributed by atoms with van der Waals surface area (Å²) < 4.78 is 4.85. The SMILES string of the molecule is CCOC(=O)CNc1ncc(C2CC(=O)Nc3n[nH]c(C(C)C)c32)cn1. The first-order chi connectivity index (χ1) is 12.5. The zero-order chi connectivity index (χ0) is 18.7. The maximum atomic E-state index is 12.0. The van der Waals surface area contributed by atoms with E-state index in [9.17, 15) is 9.59 Å². The number of esters is 1. The molecule has 0 aromatic carbocycles. The van der Waals surface area contributed by atoms with Gasteiger partial charge in [-0.25, -0.2) is 9.97 Å². The molecule has 138 valence electrons. The fourth-order valence-corrected chi connectivity index (χ4v) is 2.98. The number of anilines is 2. The van der Waals surface area contributed by atoms with Gasteiger partial charge in [-0.3, -0.25) is 14.7 Å². The maximum Gasteiger partial charge on any atom is 0.325 e. The van der Waals surface area contributed by atoms with E-state index in [0.29, 0.717) is 24.8 Å². The van der Waals surface area contributed by atoms with Crippen LogP contribution >= 0.6 is 0 Å². The number of nitrogens with one attached hydrogen (secondary N) is 3. The monoisotopic (exact) mass is 358 g/mol.